The number of nitrogens with zero attached hydrogens (tertiary/aromatic N) is 3. The van der Waals surface area contributed by atoms with Crippen molar-refractivity contribution in [3.63, 3.8) is 0 Å². The molecule has 1 saturated carbocycles. The van der Waals surface area contributed by atoms with Gasteiger partial charge in [-0.25, -0.2) is 0 Å². The van der Waals surface area contributed by atoms with Crippen LogP contribution in [0.3, 0.4) is 0 Å². The molecule has 0 bridgehead atoms. The van der Waals surface area contributed by atoms with Crippen LogP contribution in [0.2, 0.25) is 0 Å². The average Bonchev–Trinajstić information content (AvgIpc) is 3.58. The number of anilines is 2. The highest BCUT2D eigenvalue weighted by Gasteiger charge is 2.46. The number of fused-ring (bicyclic) bond motifs is 3. The van der Waals surface area contributed by atoms with E-state index in [1.807, 2.05) is 54.6 Å². The summed E-state index contributed by atoms with van der Waals surface area (Å²) in [6, 6.07) is 32.1. The molecule has 7 rings (SSSR count). The van der Waals surface area contributed by atoms with Crippen molar-refractivity contribution in [3.05, 3.63) is 120 Å². The van der Waals surface area contributed by atoms with Gasteiger partial charge in [-0.2, -0.15) is 0 Å². The number of hydrogen-bond donors (Lipinski definition) is 0. The van der Waals surface area contributed by atoms with Gasteiger partial charge in [0.05, 0.1) is 35.0 Å². The van der Waals surface area contributed by atoms with E-state index in [1.165, 1.54) is 0 Å². The minimum absolute atomic E-state index is 0.00637. The van der Waals surface area contributed by atoms with Crippen molar-refractivity contribution in [1.29, 1.82) is 0 Å². The molecular formula is C35H29N3O4. The zero-order chi connectivity index (χ0) is 28.8. The standard InChI is InChI=1S/C35H29N3O4/c39-32(22-37-33(40)26-11-4-5-12-27(26)34(37)41)38-29-16-8-13-28(29)35(42)36(30-14-6-7-15-31(30)38)21-23-17-19-25(20-18-23)24-9-2-1-3-10-24/h1-7,9-12,14-15,17-20,28-29H,8,13,16,21-22H2/t28-,29+/m0/s1. The molecule has 0 radical (unpaired) electrons. The molecule has 0 saturated heterocycles. The van der Waals surface area contributed by atoms with E-state index in [2.05, 4.69) is 24.3 Å². The predicted octanol–water partition coefficient (Wildman–Crippen LogP) is 5.70. The minimum Gasteiger partial charge on any atom is -0.306 e. The van der Waals surface area contributed by atoms with Crippen molar-refractivity contribution in [1.82, 2.24) is 4.90 Å². The Labute approximate surface area is 244 Å². The summed E-state index contributed by atoms with van der Waals surface area (Å²) in [6.45, 7) is -0.00634. The van der Waals surface area contributed by atoms with Crippen LogP contribution in [-0.2, 0) is 16.1 Å². The van der Waals surface area contributed by atoms with E-state index in [1.54, 1.807) is 34.1 Å². The minimum atomic E-state index is -0.466. The van der Waals surface area contributed by atoms with E-state index in [0.717, 1.165) is 28.0 Å². The van der Waals surface area contributed by atoms with Crippen molar-refractivity contribution in [2.45, 2.75) is 31.8 Å². The first-order valence-corrected chi connectivity index (χ1v) is 14.3. The summed E-state index contributed by atoms with van der Waals surface area (Å²) < 4.78 is 0. The molecular weight excluding hydrogens is 526 g/mol. The average molecular weight is 556 g/mol. The monoisotopic (exact) mass is 555 g/mol. The Kier molecular flexibility index (Phi) is 6.42. The molecule has 1 aliphatic carbocycles. The number of carbonyl (C=O) groups is 4. The Morgan fingerprint density at radius 1 is 0.643 bits per heavy atom. The Morgan fingerprint density at radius 2 is 1.24 bits per heavy atom. The zero-order valence-corrected chi connectivity index (χ0v) is 23.0. The van der Waals surface area contributed by atoms with Crippen LogP contribution in [0.25, 0.3) is 11.1 Å². The summed E-state index contributed by atoms with van der Waals surface area (Å²) in [6.07, 6.45) is 2.18. The highest BCUT2D eigenvalue weighted by Crippen LogP contribution is 2.43. The molecule has 42 heavy (non-hydrogen) atoms. The zero-order valence-electron chi connectivity index (χ0n) is 23.0. The second-order valence-corrected chi connectivity index (χ2v) is 11.1. The third kappa shape index (κ3) is 4.29. The second kappa shape index (κ2) is 10.4. The lowest BCUT2D eigenvalue weighted by Gasteiger charge is -2.31. The fourth-order valence-corrected chi connectivity index (χ4v) is 6.62. The van der Waals surface area contributed by atoms with E-state index >= 15 is 0 Å². The lowest BCUT2D eigenvalue weighted by atomic mass is 10.00. The van der Waals surface area contributed by atoms with Crippen LogP contribution >= 0.6 is 0 Å². The highest BCUT2D eigenvalue weighted by molar-refractivity contribution is 6.23. The van der Waals surface area contributed by atoms with E-state index < -0.39 is 11.8 Å². The Morgan fingerprint density at radius 3 is 1.93 bits per heavy atom. The summed E-state index contributed by atoms with van der Waals surface area (Å²) in [5, 5.41) is 0. The normalized spacial score (nSPS) is 19.4. The molecule has 4 aromatic rings. The molecule has 2 atom stereocenters. The Hall–Kier alpha value is -5.04. The summed E-state index contributed by atoms with van der Waals surface area (Å²) in [4.78, 5) is 58.8. The maximum Gasteiger partial charge on any atom is 0.262 e. The smallest absolute Gasteiger partial charge is 0.262 e. The third-order valence-corrected chi connectivity index (χ3v) is 8.67. The van der Waals surface area contributed by atoms with E-state index in [0.29, 0.717) is 41.9 Å². The van der Waals surface area contributed by atoms with Gasteiger partial charge in [-0.05, 0) is 53.8 Å². The first-order chi connectivity index (χ1) is 20.5. The molecule has 1 fully saturated rings. The number of amides is 4. The van der Waals surface area contributed by atoms with Crippen molar-refractivity contribution in [3.8, 4) is 11.1 Å². The van der Waals surface area contributed by atoms with Crippen molar-refractivity contribution < 1.29 is 19.2 Å². The molecule has 2 heterocycles. The summed E-state index contributed by atoms with van der Waals surface area (Å²) in [5.41, 5.74) is 5.11. The molecule has 7 nitrogen and oxygen atoms in total. The number of imide groups is 1. The van der Waals surface area contributed by atoms with Crippen LogP contribution < -0.4 is 9.80 Å². The van der Waals surface area contributed by atoms with Gasteiger partial charge in [0.2, 0.25) is 11.8 Å². The largest absolute Gasteiger partial charge is 0.306 e. The van der Waals surface area contributed by atoms with E-state index in [-0.39, 0.29) is 30.3 Å². The van der Waals surface area contributed by atoms with Gasteiger partial charge in [-0.1, -0.05) is 85.3 Å². The van der Waals surface area contributed by atoms with Crippen LogP contribution in [0.1, 0.15) is 45.5 Å². The highest BCUT2D eigenvalue weighted by atomic mass is 16.2. The maximum absolute atomic E-state index is 14.1. The van der Waals surface area contributed by atoms with Crippen molar-refractivity contribution in [2.24, 2.45) is 5.92 Å². The summed E-state index contributed by atoms with van der Waals surface area (Å²) >= 11 is 0. The van der Waals surface area contributed by atoms with Gasteiger partial charge >= 0.3 is 0 Å². The molecule has 0 aromatic heterocycles. The fraction of sp³-hybridized carbons (Fsp3) is 0.200. The molecule has 7 heteroatoms. The molecule has 4 amide bonds. The summed E-state index contributed by atoms with van der Waals surface area (Å²) in [5.74, 6) is -1.67. The number of para-hydroxylation sites is 2. The van der Waals surface area contributed by atoms with Gasteiger partial charge in [-0.15, -0.1) is 0 Å². The van der Waals surface area contributed by atoms with Gasteiger partial charge < -0.3 is 9.80 Å². The van der Waals surface area contributed by atoms with Crippen LogP contribution in [0, 0.1) is 5.92 Å². The number of hydrogen-bond acceptors (Lipinski definition) is 4. The van der Waals surface area contributed by atoms with Crippen molar-refractivity contribution in [2.75, 3.05) is 16.3 Å². The van der Waals surface area contributed by atoms with E-state index in [4.69, 9.17) is 0 Å². The van der Waals surface area contributed by atoms with Crippen molar-refractivity contribution >= 4 is 35.0 Å². The number of carbonyl (C=O) groups excluding carboxylic acids is 4. The first-order valence-electron chi connectivity index (χ1n) is 14.3. The van der Waals surface area contributed by atoms with Crippen LogP contribution in [0.4, 0.5) is 11.4 Å². The fourth-order valence-electron chi connectivity index (χ4n) is 6.62. The summed E-state index contributed by atoms with van der Waals surface area (Å²) in [7, 11) is 0. The molecule has 3 aliphatic rings. The predicted molar refractivity (Wildman–Crippen MR) is 160 cm³/mol. The SMILES string of the molecule is O=C1c2ccccc2C(=O)N1CC(=O)N1c2ccccc2N(Cc2ccc(-c3ccccc3)cc2)C(=O)[C@H]2CCC[C@H]21. The van der Waals surface area contributed by atoms with Gasteiger partial charge in [0.25, 0.3) is 11.8 Å². The van der Waals surface area contributed by atoms with Crippen LogP contribution in [0.5, 0.6) is 0 Å². The lowest BCUT2D eigenvalue weighted by Crippen LogP contribution is -2.49. The molecule has 208 valence electrons. The molecule has 0 spiro atoms. The maximum atomic E-state index is 14.1. The molecule has 0 unspecified atom stereocenters. The van der Waals surface area contributed by atoms with Gasteiger partial charge in [0, 0.05) is 6.04 Å². The third-order valence-electron chi connectivity index (χ3n) is 8.67. The Balaban J connectivity index is 1.21. The van der Waals surface area contributed by atoms with Gasteiger partial charge in [0.1, 0.15) is 6.54 Å². The Bertz CT molecular complexity index is 1680. The topological polar surface area (TPSA) is 78.0 Å². The first kappa shape index (κ1) is 25.9. The number of benzene rings is 4. The molecule has 4 aromatic carbocycles. The second-order valence-electron chi connectivity index (χ2n) is 11.1. The van der Waals surface area contributed by atoms with Crippen LogP contribution in [0.15, 0.2) is 103 Å². The quantitative estimate of drug-likeness (QED) is 0.296. The van der Waals surface area contributed by atoms with Gasteiger partial charge in [-0.3, -0.25) is 24.1 Å². The number of rotatable bonds is 5. The van der Waals surface area contributed by atoms with E-state index in [9.17, 15) is 19.2 Å². The molecule has 0 N–H and O–H groups in total. The van der Waals surface area contributed by atoms with Crippen LogP contribution in [-0.4, -0.2) is 41.1 Å². The molecule has 2 aliphatic heterocycles. The lowest BCUT2D eigenvalue weighted by molar-refractivity contribution is -0.123. The van der Waals surface area contributed by atoms with Gasteiger partial charge in [0.15, 0.2) is 0 Å².